The largest absolute Gasteiger partial charge is 0.325 e. The van der Waals surface area contributed by atoms with Crippen molar-refractivity contribution in [2.45, 2.75) is 13.5 Å². The van der Waals surface area contributed by atoms with Crippen LogP contribution in [0.2, 0.25) is 0 Å². The van der Waals surface area contributed by atoms with Crippen LogP contribution in [0.3, 0.4) is 0 Å². The molecule has 0 saturated heterocycles. The van der Waals surface area contributed by atoms with Crippen molar-refractivity contribution in [1.29, 1.82) is 0 Å². The van der Waals surface area contributed by atoms with Crippen LogP contribution in [-0.2, 0) is 6.54 Å². The van der Waals surface area contributed by atoms with E-state index in [1.165, 1.54) is 11.1 Å². The first kappa shape index (κ1) is 11.0. The summed E-state index contributed by atoms with van der Waals surface area (Å²) >= 11 is 0. The molecule has 0 bridgehead atoms. The van der Waals surface area contributed by atoms with Gasteiger partial charge in [-0.1, -0.05) is 30.9 Å². The predicted octanol–water partition coefficient (Wildman–Crippen LogP) is 2.93. The van der Waals surface area contributed by atoms with Gasteiger partial charge in [0.2, 0.25) is 0 Å². The Labute approximate surface area is 87.3 Å². The lowest BCUT2D eigenvalue weighted by Gasteiger charge is -2.28. The minimum atomic E-state index is 1.03. The second kappa shape index (κ2) is 4.43. The van der Waals surface area contributed by atoms with Gasteiger partial charge in [-0.2, -0.15) is 0 Å². The highest BCUT2D eigenvalue weighted by molar-refractivity contribution is 5.47. The Kier molecular flexibility index (Phi) is 3.48. The SMILES string of the molecule is C=Cc1cccc(C[N+](C)(C)CC)c1. The Morgan fingerprint density at radius 3 is 2.64 bits per heavy atom. The Morgan fingerprint density at radius 1 is 1.36 bits per heavy atom. The van der Waals surface area contributed by atoms with Crippen LogP contribution in [0.4, 0.5) is 0 Å². The van der Waals surface area contributed by atoms with Crippen LogP contribution in [0.15, 0.2) is 30.8 Å². The highest BCUT2D eigenvalue weighted by Crippen LogP contribution is 2.11. The monoisotopic (exact) mass is 190 g/mol. The van der Waals surface area contributed by atoms with Crippen LogP contribution in [0.1, 0.15) is 18.1 Å². The van der Waals surface area contributed by atoms with Crippen molar-refractivity contribution in [1.82, 2.24) is 0 Å². The average molecular weight is 190 g/mol. The first-order valence-corrected chi connectivity index (χ1v) is 5.11. The molecule has 0 saturated carbocycles. The maximum Gasteiger partial charge on any atom is 0.104 e. The van der Waals surface area contributed by atoms with E-state index < -0.39 is 0 Å². The average Bonchev–Trinajstić information content (AvgIpc) is 2.17. The summed E-state index contributed by atoms with van der Waals surface area (Å²) in [4.78, 5) is 0. The molecule has 14 heavy (non-hydrogen) atoms. The highest BCUT2D eigenvalue weighted by Gasteiger charge is 2.12. The van der Waals surface area contributed by atoms with Crippen LogP contribution in [0.5, 0.6) is 0 Å². The summed E-state index contributed by atoms with van der Waals surface area (Å²) in [6, 6.07) is 8.58. The van der Waals surface area contributed by atoms with Crippen molar-refractivity contribution in [3.63, 3.8) is 0 Å². The molecule has 1 aromatic rings. The predicted molar refractivity (Wildman–Crippen MR) is 62.9 cm³/mol. The van der Waals surface area contributed by atoms with E-state index in [4.69, 9.17) is 0 Å². The van der Waals surface area contributed by atoms with E-state index in [1.54, 1.807) is 0 Å². The minimum Gasteiger partial charge on any atom is -0.325 e. The third kappa shape index (κ3) is 3.00. The van der Waals surface area contributed by atoms with E-state index in [1.807, 2.05) is 6.08 Å². The molecule has 76 valence electrons. The number of hydrogen-bond donors (Lipinski definition) is 0. The molecule has 0 fully saturated rings. The molecular formula is C13H20N+. The summed E-state index contributed by atoms with van der Waals surface area (Å²) < 4.78 is 1.03. The molecule has 0 aromatic heterocycles. The van der Waals surface area contributed by atoms with Gasteiger partial charge < -0.3 is 4.48 Å². The second-order valence-electron chi connectivity index (χ2n) is 4.36. The quantitative estimate of drug-likeness (QED) is 0.640. The second-order valence-corrected chi connectivity index (χ2v) is 4.36. The lowest BCUT2D eigenvalue weighted by atomic mass is 10.1. The lowest BCUT2D eigenvalue weighted by Crippen LogP contribution is -2.38. The molecule has 0 aliphatic heterocycles. The number of rotatable bonds is 4. The van der Waals surface area contributed by atoms with Gasteiger partial charge in [0.15, 0.2) is 0 Å². The first-order chi connectivity index (χ1) is 6.57. The van der Waals surface area contributed by atoms with E-state index in [9.17, 15) is 0 Å². The Bertz CT molecular complexity index is 313. The van der Waals surface area contributed by atoms with Gasteiger partial charge in [-0.15, -0.1) is 0 Å². The van der Waals surface area contributed by atoms with Crippen LogP contribution in [-0.4, -0.2) is 25.1 Å². The zero-order chi connectivity index (χ0) is 10.6. The molecule has 1 aromatic carbocycles. The fourth-order valence-corrected chi connectivity index (χ4v) is 1.42. The van der Waals surface area contributed by atoms with Gasteiger partial charge in [0.1, 0.15) is 6.54 Å². The maximum atomic E-state index is 3.78. The van der Waals surface area contributed by atoms with Gasteiger partial charge in [-0.25, -0.2) is 0 Å². The summed E-state index contributed by atoms with van der Waals surface area (Å²) in [7, 11) is 4.50. The van der Waals surface area contributed by atoms with Crippen molar-refractivity contribution in [3.05, 3.63) is 42.0 Å². The molecule has 0 aliphatic carbocycles. The molecule has 0 heterocycles. The Balaban J connectivity index is 2.81. The zero-order valence-electron chi connectivity index (χ0n) is 9.46. The summed E-state index contributed by atoms with van der Waals surface area (Å²) in [6.45, 7) is 8.24. The van der Waals surface area contributed by atoms with Crippen molar-refractivity contribution in [2.75, 3.05) is 20.6 Å². The van der Waals surface area contributed by atoms with Crippen molar-refractivity contribution in [2.24, 2.45) is 0 Å². The number of benzene rings is 1. The van der Waals surface area contributed by atoms with Gasteiger partial charge >= 0.3 is 0 Å². The minimum absolute atomic E-state index is 1.03. The molecule has 0 unspecified atom stereocenters. The van der Waals surface area contributed by atoms with Gasteiger partial charge in [0.05, 0.1) is 20.6 Å². The molecule has 1 heteroatoms. The topological polar surface area (TPSA) is 0 Å². The Hall–Kier alpha value is -1.08. The summed E-state index contributed by atoms with van der Waals surface area (Å²) in [5.41, 5.74) is 2.59. The van der Waals surface area contributed by atoms with Crippen LogP contribution >= 0.6 is 0 Å². The van der Waals surface area contributed by atoms with E-state index in [0.29, 0.717) is 0 Å². The van der Waals surface area contributed by atoms with E-state index in [-0.39, 0.29) is 0 Å². The molecule has 0 spiro atoms. The molecule has 0 N–H and O–H groups in total. The van der Waals surface area contributed by atoms with Crippen LogP contribution < -0.4 is 0 Å². The van der Waals surface area contributed by atoms with Crippen molar-refractivity contribution < 1.29 is 4.48 Å². The Morgan fingerprint density at radius 2 is 2.07 bits per heavy atom. The molecule has 1 nitrogen and oxygen atoms in total. The van der Waals surface area contributed by atoms with Gasteiger partial charge in [-0.05, 0) is 18.6 Å². The summed E-state index contributed by atoms with van der Waals surface area (Å²) in [5, 5.41) is 0. The van der Waals surface area contributed by atoms with E-state index in [2.05, 4.69) is 51.9 Å². The molecule has 0 radical (unpaired) electrons. The maximum absolute atomic E-state index is 3.78. The number of quaternary nitrogens is 1. The van der Waals surface area contributed by atoms with E-state index in [0.717, 1.165) is 17.6 Å². The lowest BCUT2D eigenvalue weighted by molar-refractivity contribution is -0.901. The number of nitrogens with zero attached hydrogens (tertiary/aromatic N) is 1. The normalized spacial score (nSPS) is 11.4. The molecular weight excluding hydrogens is 170 g/mol. The molecule has 1 rings (SSSR count). The van der Waals surface area contributed by atoms with Crippen LogP contribution in [0.25, 0.3) is 6.08 Å². The summed E-state index contributed by atoms with van der Waals surface area (Å²) in [6.07, 6.45) is 1.90. The van der Waals surface area contributed by atoms with E-state index >= 15 is 0 Å². The first-order valence-electron chi connectivity index (χ1n) is 5.11. The third-order valence-electron chi connectivity index (χ3n) is 2.65. The standard InChI is InChI=1S/C13H20N/c1-5-12-8-7-9-13(10-12)11-14(3,4)6-2/h5,7-10H,1,6,11H2,2-4H3/q+1. The smallest absolute Gasteiger partial charge is 0.104 e. The summed E-state index contributed by atoms with van der Waals surface area (Å²) in [5.74, 6) is 0. The fourth-order valence-electron chi connectivity index (χ4n) is 1.42. The van der Waals surface area contributed by atoms with Gasteiger partial charge in [0.25, 0.3) is 0 Å². The van der Waals surface area contributed by atoms with Crippen molar-refractivity contribution in [3.8, 4) is 0 Å². The number of hydrogen-bond acceptors (Lipinski definition) is 0. The third-order valence-corrected chi connectivity index (χ3v) is 2.65. The van der Waals surface area contributed by atoms with Gasteiger partial charge in [-0.3, -0.25) is 0 Å². The zero-order valence-corrected chi connectivity index (χ0v) is 9.46. The molecule has 0 atom stereocenters. The highest BCUT2D eigenvalue weighted by atomic mass is 15.3. The molecule has 0 amide bonds. The van der Waals surface area contributed by atoms with Crippen molar-refractivity contribution >= 4 is 6.08 Å². The fraction of sp³-hybridized carbons (Fsp3) is 0.385. The molecule has 0 aliphatic rings. The van der Waals surface area contributed by atoms with Crippen LogP contribution in [0, 0.1) is 0 Å². The van der Waals surface area contributed by atoms with Gasteiger partial charge in [0, 0.05) is 5.56 Å².